The van der Waals surface area contributed by atoms with Gasteiger partial charge in [-0.1, -0.05) is 31.2 Å². The molecule has 0 spiro atoms. The van der Waals surface area contributed by atoms with Crippen molar-refractivity contribution in [1.29, 1.82) is 0 Å². The van der Waals surface area contributed by atoms with Crippen molar-refractivity contribution in [3.63, 3.8) is 0 Å². The van der Waals surface area contributed by atoms with Crippen molar-refractivity contribution in [3.05, 3.63) is 83.8 Å². The van der Waals surface area contributed by atoms with Gasteiger partial charge in [0, 0.05) is 30.2 Å². The van der Waals surface area contributed by atoms with Crippen LogP contribution in [0.3, 0.4) is 0 Å². The van der Waals surface area contributed by atoms with Gasteiger partial charge in [0.1, 0.15) is 17.3 Å². The number of fused-ring (bicyclic) bond motifs is 1. The Morgan fingerprint density at radius 1 is 1.11 bits per heavy atom. The predicted octanol–water partition coefficient (Wildman–Crippen LogP) is 5.12. The average molecular weight is 491 g/mol. The van der Waals surface area contributed by atoms with E-state index in [2.05, 4.69) is 5.32 Å². The molecule has 0 saturated carbocycles. The summed E-state index contributed by atoms with van der Waals surface area (Å²) in [5.41, 5.74) is 3.67. The maximum atomic E-state index is 14.1. The number of carbonyl (C=O) groups excluding carboxylic acids is 1. The molecule has 0 aliphatic heterocycles. The second-order valence-electron chi connectivity index (χ2n) is 8.78. The number of methoxy groups -OCH3 is 1. The topological polar surface area (TPSA) is 72.7 Å². The second-order valence-corrected chi connectivity index (χ2v) is 8.78. The third-order valence-electron chi connectivity index (χ3n) is 6.13. The SMILES string of the molecule is CCCOc1ccc(-c2cc(F)cc(OC)c2)cc1C(=O)N[C@@H](CO)Cc1cn(C)c2ccccc12. The zero-order valence-electron chi connectivity index (χ0n) is 20.8. The molecule has 1 aromatic heterocycles. The minimum Gasteiger partial charge on any atom is -0.497 e. The summed E-state index contributed by atoms with van der Waals surface area (Å²) in [5, 5.41) is 14.1. The molecular weight excluding hydrogens is 459 g/mol. The lowest BCUT2D eigenvalue weighted by Crippen LogP contribution is -2.39. The van der Waals surface area contributed by atoms with Crippen LogP contribution in [-0.2, 0) is 13.5 Å². The molecule has 1 amide bonds. The van der Waals surface area contributed by atoms with Crippen molar-refractivity contribution in [2.24, 2.45) is 7.05 Å². The molecule has 0 radical (unpaired) electrons. The summed E-state index contributed by atoms with van der Waals surface area (Å²) in [5.74, 6) is 0.0174. The Kier molecular flexibility index (Phi) is 7.90. The molecule has 1 atom stereocenters. The van der Waals surface area contributed by atoms with Crippen LogP contribution >= 0.6 is 0 Å². The maximum absolute atomic E-state index is 14.1. The number of aryl methyl sites for hydroxylation is 1. The molecule has 0 fully saturated rings. The van der Waals surface area contributed by atoms with E-state index >= 15 is 0 Å². The first-order valence-corrected chi connectivity index (χ1v) is 12.0. The average Bonchev–Trinajstić information content (AvgIpc) is 3.21. The largest absolute Gasteiger partial charge is 0.497 e. The molecule has 0 aliphatic rings. The standard InChI is InChI=1S/C29H31FN2O4/c1-4-11-36-28-10-9-19(20-12-22(30)16-24(14-20)35-3)15-26(28)29(34)31-23(18-33)13-21-17-32(2)27-8-6-5-7-25(21)27/h5-10,12,14-17,23,33H,4,11,13,18H2,1-3H3,(H,31,34)/t23-/m1/s1. The Morgan fingerprint density at radius 2 is 1.92 bits per heavy atom. The van der Waals surface area contributed by atoms with E-state index in [1.807, 2.05) is 49.0 Å². The molecule has 3 aromatic carbocycles. The summed E-state index contributed by atoms with van der Waals surface area (Å²) in [4.78, 5) is 13.4. The highest BCUT2D eigenvalue weighted by Gasteiger charge is 2.20. The summed E-state index contributed by atoms with van der Waals surface area (Å²) >= 11 is 0. The molecule has 2 N–H and O–H groups in total. The van der Waals surface area contributed by atoms with Crippen molar-refractivity contribution < 1.29 is 23.8 Å². The minimum atomic E-state index is -0.500. The summed E-state index contributed by atoms with van der Waals surface area (Å²) in [6.07, 6.45) is 3.27. The van der Waals surface area contributed by atoms with E-state index < -0.39 is 11.9 Å². The van der Waals surface area contributed by atoms with Crippen LogP contribution in [0.15, 0.2) is 66.9 Å². The van der Waals surface area contributed by atoms with Gasteiger partial charge in [0.2, 0.25) is 0 Å². The van der Waals surface area contributed by atoms with E-state index in [4.69, 9.17) is 9.47 Å². The molecule has 1 heterocycles. The van der Waals surface area contributed by atoms with Crippen molar-refractivity contribution in [2.75, 3.05) is 20.3 Å². The van der Waals surface area contributed by atoms with Crippen LogP contribution < -0.4 is 14.8 Å². The van der Waals surface area contributed by atoms with Gasteiger partial charge in [0.15, 0.2) is 0 Å². The number of halogens is 1. The number of aliphatic hydroxyl groups excluding tert-OH is 1. The molecule has 0 unspecified atom stereocenters. The molecular formula is C29H31FN2O4. The molecule has 0 aliphatic carbocycles. The van der Waals surface area contributed by atoms with Gasteiger partial charge in [0.25, 0.3) is 5.91 Å². The van der Waals surface area contributed by atoms with Crippen LogP contribution in [0.1, 0.15) is 29.3 Å². The highest BCUT2D eigenvalue weighted by Crippen LogP contribution is 2.30. The van der Waals surface area contributed by atoms with E-state index in [1.165, 1.54) is 19.2 Å². The molecule has 7 heteroatoms. The van der Waals surface area contributed by atoms with Crippen LogP contribution in [0.2, 0.25) is 0 Å². The van der Waals surface area contributed by atoms with Crippen LogP contribution in [0, 0.1) is 5.82 Å². The molecule has 36 heavy (non-hydrogen) atoms. The first-order valence-electron chi connectivity index (χ1n) is 12.0. The first kappa shape index (κ1) is 25.3. The number of aromatic nitrogens is 1. The van der Waals surface area contributed by atoms with Gasteiger partial charge < -0.3 is 24.5 Å². The Bertz CT molecular complexity index is 1360. The number of rotatable bonds is 10. The number of ether oxygens (including phenoxy) is 2. The Morgan fingerprint density at radius 3 is 2.67 bits per heavy atom. The van der Waals surface area contributed by atoms with Gasteiger partial charge in [-0.2, -0.15) is 0 Å². The van der Waals surface area contributed by atoms with Crippen LogP contribution in [0.4, 0.5) is 4.39 Å². The predicted molar refractivity (Wildman–Crippen MR) is 139 cm³/mol. The van der Waals surface area contributed by atoms with Crippen molar-refractivity contribution in [1.82, 2.24) is 9.88 Å². The maximum Gasteiger partial charge on any atom is 0.255 e. The highest BCUT2D eigenvalue weighted by molar-refractivity contribution is 5.98. The molecule has 4 rings (SSSR count). The van der Waals surface area contributed by atoms with Gasteiger partial charge in [-0.05, 0) is 59.9 Å². The lowest BCUT2D eigenvalue weighted by molar-refractivity contribution is 0.0912. The van der Waals surface area contributed by atoms with E-state index in [-0.39, 0.29) is 12.5 Å². The van der Waals surface area contributed by atoms with Crippen LogP contribution in [0.5, 0.6) is 11.5 Å². The number of carbonyl (C=O) groups is 1. The smallest absolute Gasteiger partial charge is 0.255 e. The van der Waals surface area contributed by atoms with Gasteiger partial charge in [-0.25, -0.2) is 4.39 Å². The summed E-state index contributed by atoms with van der Waals surface area (Å²) in [6, 6.07) is 17.1. The van der Waals surface area contributed by atoms with E-state index in [0.717, 1.165) is 22.9 Å². The number of benzene rings is 3. The molecule has 0 saturated heterocycles. The van der Waals surface area contributed by atoms with Gasteiger partial charge in [0.05, 0.1) is 31.9 Å². The normalized spacial score (nSPS) is 11.9. The molecule has 188 valence electrons. The van der Waals surface area contributed by atoms with Crippen molar-refractivity contribution >= 4 is 16.8 Å². The lowest BCUT2D eigenvalue weighted by Gasteiger charge is -2.18. The lowest BCUT2D eigenvalue weighted by atomic mass is 10.0. The van der Waals surface area contributed by atoms with Crippen molar-refractivity contribution in [2.45, 2.75) is 25.8 Å². The van der Waals surface area contributed by atoms with E-state index in [0.29, 0.717) is 41.2 Å². The summed E-state index contributed by atoms with van der Waals surface area (Å²) < 4.78 is 27.2. The Labute approximate surface area is 210 Å². The summed E-state index contributed by atoms with van der Waals surface area (Å²) in [7, 11) is 3.45. The first-order chi connectivity index (χ1) is 17.4. The minimum absolute atomic E-state index is 0.221. The number of nitrogens with zero attached hydrogens (tertiary/aromatic N) is 1. The second kappa shape index (κ2) is 11.3. The zero-order chi connectivity index (χ0) is 25.7. The third-order valence-corrected chi connectivity index (χ3v) is 6.13. The number of hydrogen-bond acceptors (Lipinski definition) is 4. The molecule has 4 aromatic rings. The Balaban J connectivity index is 1.63. The van der Waals surface area contributed by atoms with Gasteiger partial charge >= 0.3 is 0 Å². The monoisotopic (exact) mass is 490 g/mol. The van der Waals surface area contributed by atoms with Gasteiger partial charge in [-0.3, -0.25) is 4.79 Å². The third kappa shape index (κ3) is 5.52. The quantitative estimate of drug-likeness (QED) is 0.324. The number of para-hydroxylation sites is 1. The number of nitrogens with one attached hydrogen (secondary N) is 1. The molecule has 6 nitrogen and oxygen atoms in total. The van der Waals surface area contributed by atoms with E-state index in [1.54, 1.807) is 24.3 Å². The number of amides is 1. The molecule has 0 bridgehead atoms. The van der Waals surface area contributed by atoms with E-state index in [9.17, 15) is 14.3 Å². The highest BCUT2D eigenvalue weighted by atomic mass is 19.1. The fraction of sp³-hybridized carbons (Fsp3) is 0.276. The Hall–Kier alpha value is -3.84. The summed E-state index contributed by atoms with van der Waals surface area (Å²) in [6.45, 7) is 2.22. The van der Waals surface area contributed by atoms with Crippen molar-refractivity contribution in [3.8, 4) is 22.6 Å². The number of hydrogen-bond donors (Lipinski definition) is 2. The fourth-order valence-corrected chi connectivity index (χ4v) is 4.35. The zero-order valence-corrected chi connectivity index (χ0v) is 20.8. The van der Waals surface area contributed by atoms with Crippen LogP contribution in [0.25, 0.3) is 22.0 Å². The fourth-order valence-electron chi connectivity index (χ4n) is 4.35. The number of aliphatic hydroxyl groups is 1. The van der Waals surface area contributed by atoms with Gasteiger partial charge in [-0.15, -0.1) is 0 Å². The van der Waals surface area contributed by atoms with Crippen LogP contribution in [-0.4, -0.2) is 41.9 Å².